The highest BCUT2D eigenvalue weighted by Crippen LogP contribution is 2.20. The zero-order valence-corrected chi connectivity index (χ0v) is 9.28. The molecular weight excluding hydrogens is 206 g/mol. The van der Waals surface area contributed by atoms with Crippen LogP contribution in [0.25, 0.3) is 0 Å². The number of hydrogen-bond acceptors (Lipinski definition) is 4. The van der Waals surface area contributed by atoms with Gasteiger partial charge in [0.05, 0.1) is 19.8 Å². The number of ether oxygens (including phenoxy) is 2. The molecule has 4 heteroatoms. The summed E-state index contributed by atoms with van der Waals surface area (Å²) in [6.45, 7) is 2.82. The van der Waals surface area contributed by atoms with Gasteiger partial charge in [0, 0.05) is 6.04 Å². The van der Waals surface area contributed by atoms with Crippen molar-refractivity contribution in [2.45, 2.75) is 38.1 Å². The van der Waals surface area contributed by atoms with Gasteiger partial charge in [0.15, 0.2) is 0 Å². The van der Waals surface area contributed by atoms with Gasteiger partial charge in [0.1, 0.15) is 24.2 Å². The normalized spacial score (nSPS) is 21.0. The minimum atomic E-state index is 0.262. The zero-order valence-electron chi connectivity index (χ0n) is 9.28. The molecule has 0 aromatic carbocycles. The van der Waals surface area contributed by atoms with E-state index in [1.165, 1.54) is 12.8 Å². The van der Waals surface area contributed by atoms with E-state index in [0.717, 1.165) is 37.3 Å². The molecule has 16 heavy (non-hydrogen) atoms. The Morgan fingerprint density at radius 2 is 2.06 bits per heavy atom. The van der Waals surface area contributed by atoms with Crippen LogP contribution in [0.4, 0.5) is 0 Å². The first kappa shape index (κ1) is 10.3. The van der Waals surface area contributed by atoms with E-state index in [4.69, 9.17) is 13.9 Å². The molecule has 1 N–H and O–H groups in total. The molecule has 2 fully saturated rings. The molecule has 2 aliphatic rings. The topological polar surface area (TPSA) is 43.6 Å². The summed E-state index contributed by atoms with van der Waals surface area (Å²) in [6.07, 6.45) is 2.87. The number of hydrogen-bond donors (Lipinski definition) is 1. The van der Waals surface area contributed by atoms with Crippen LogP contribution in [0.1, 0.15) is 24.4 Å². The Kier molecular flexibility index (Phi) is 2.95. The summed E-state index contributed by atoms with van der Waals surface area (Å²) in [5, 5.41) is 3.42. The molecule has 0 bridgehead atoms. The number of nitrogens with one attached hydrogen (secondary N) is 1. The third-order valence-electron chi connectivity index (χ3n) is 2.93. The second-order valence-corrected chi connectivity index (χ2v) is 4.49. The van der Waals surface area contributed by atoms with Crippen LogP contribution in [0.2, 0.25) is 0 Å². The summed E-state index contributed by atoms with van der Waals surface area (Å²) in [4.78, 5) is 0. The van der Waals surface area contributed by atoms with Crippen LogP contribution >= 0.6 is 0 Å². The van der Waals surface area contributed by atoms with Crippen LogP contribution in [-0.4, -0.2) is 25.4 Å². The van der Waals surface area contributed by atoms with Crippen molar-refractivity contribution in [1.82, 2.24) is 5.32 Å². The predicted molar refractivity (Wildman–Crippen MR) is 58.0 cm³/mol. The molecule has 1 aliphatic carbocycles. The third-order valence-corrected chi connectivity index (χ3v) is 2.93. The summed E-state index contributed by atoms with van der Waals surface area (Å²) in [6, 6.07) is 4.73. The first-order valence-corrected chi connectivity index (χ1v) is 5.90. The largest absolute Gasteiger partial charge is 0.462 e. The zero-order chi connectivity index (χ0) is 10.8. The third kappa shape index (κ3) is 2.64. The molecule has 1 aromatic heterocycles. The van der Waals surface area contributed by atoms with E-state index in [9.17, 15) is 0 Å². The molecule has 1 saturated carbocycles. The Morgan fingerprint density at radius 3 is 2.75 bits per heavy atom. The van der Waals surface area contributed by atoms with E-state index in [-0.39, 0.29) is 6.10 Å². The number of furan rings is 1. The fourth-order valence-corrected chi connectivity index (χ4v) is 1.64. The lowest BCUT2D eigenvalue weighted by Crippen LogP contribution is -2.35. The highest BCUT2D eigenvalue weighted by Gasteiger charge is 2.21. The Hall–Kier alpha value is -0.840. The molecule has 88 valence electrons. The summed E-state index contributed by atoms with van der Waals surface area (Å²) in [7, 11) is 0. The predicted octanol–water partition coefficient (Wildman–Crippen LogP) is 1.45. The lowest BCUT2D eigenvalue weighted by molar-refractivity contribution is -0.137. The van der Waals surface area contributed by atoms with E-state index in [2.05, 4.69) is 5.32 Å². The Balaban J connectivity index is 1.43. The van der Waals surface area contributed by atoms with Crippen molar-refractivity contribution in [2.24, 2.45) is 0 Å². The highest BCUT2D eigenvalue weighted by atomic mass is 16.6. The SMILES string of the molecule is c1cc(COC2COC2)oc1CNC1CC1. The fraction of sp³-hybridized carbons (Fsp3) is 0.667. The van der Waals surface area contributed by atoms with Crippen molar-refractivity contribution in [1.29, 1.82) is 0 Å². The van der Waals surface area contributed by atoms with Gasteiger partial charge in [-0.05, 0) is 25.0 Å². The maximum absolute atomic E-state index is 5.65. The van der Waals surface area contributed by atoms with Gasteiger partial charge < -0.3 is 19.2 Å². The van der Waals surface area contributed by atoms with Gasteiger partial charge in [-0.2, -0.15) is 0 Å². The van der Waals surface area contributed by atoms with Gasteiger partial charge in [0.2, 0.25) is 0 Å². The second kappa shape index (κ2) is 4.57. The lowest BCUT2D eigenvalue weighted by Gasteiger charge is -2.25. The second-order valence-electron chi connectivity index (χ2n) is 4.49. The van der Waals surface area contributed by atoms with Gasteiger partial charge >= 0.3 is 0 Å². The van der Waals surface area contributed by atoms with E-state index in [1.807, 2.05) is 12.1 Å². The lowest BCUT2D eigenvalue weighted by atomic mass is 10.3. The van der Waals surface area contributed by atoms with E-state index < -0.39 is 0 Å². The summed E-state index contributed by atoms with van der Waals surface area (Å²) < 4.78 is 16.3. The highest BCUT2D eigenvalue weighted by molar-refractivity contribution is 5.06. The standard InChI is InChI=1S/C12H17NO3/c1-2-9(1)13-5-10-3-4-11(16-10)8-15-12-6-14-7-12/h3-4,9,12-13H,1-2,5-8H2. The van der Waals surface area contributed by atoms with Crippen molar-refractivity contribution < 1.29 is 13.9 Å². The number of rotatable bonds is 6. The molecule has 0 atom stereocenters. The minimum absolute atomic E-state index is 0.262. The van der Waals surface area contributed by atoms with E-state index in [0.29, 0.717) is 6.61 Å². The van der Waals surface area contributed by atoms with Gasteiger partial charge in [-0.25, -0.2) is 0 Å². The Morgan fingerprint density at radius 1 is 1.25 bits per heavy atom. The molecule has 2 heterocycles. The van der Waals surface area contributed by atoms with Crippen LogP contribution in [0.5, 0.6) is 0 Å². The van der Waals surface area contributed by atoms with Crippen LogP contribution in [0.3, 0.4) is 0 Å². The van der Waals surface area contributed by atoms with E-state index >= 15 is 0 Å². The molecule has 4 nitrogen and oxygen atoms in total. The first-order chi connectivity index (χ1) is 7.90. The van der Waals surface area contributed by atoms with E-state index in [1.54, 1.807) is 0 Å². The monoisotopic (exact) mass is 223 g/mol. The maximum atomic E-state index is 5.65. The molecule has 0 unspecified atom stereocenters. The Labute approximate surface area is 94.9 Å². The van der Waals surface area contributed by atoms with Crippen LogP contribution < -0.4 is 5.32 Å². The molecule has 0 spiro atoms. The quantitative estimate of drug-likeness (QED) is 0.792. The van der Waals surface area contributed by atoms with Crippen LogP contribution in [0.15, 0.2) is 16.5 Å². The van der Waals surface area contributed by atoms with Crippen molar-refractivity contribution in [3.63, 3.8) is 0 Å². The summed E-state index contributed by atoms with van der Waals surface area (Å²) in [5.74, 6) is 1.90. The minimum Gasteiger partial charge on any atom is -0.462 e. The molecule has 3 rings (SSSR count). The van der Waals surface area contributed by atoms with Crippen molar-refractivity contribution in [3.05, 3.63) is 23.7 Å². The maximum Gasteiger partial charge on any atom is 0.129 e. The first-order valence-electron chi connectivity index (χ1n) is 5.90. The van der Waals surface area contributed by atoms with Crippen molar-refractivity contribution in [2.75, 3.05) is 13.2 Å². The average Bonchev–Trinajstić information content (AvgIpc) is 2.94. The molecule has 1 aromatic rings. The van der Waals surface area contributed by atoms with Gasteiger partial charge in [-0.15, -0.1) is 0 Å². The summed E-state index contributed by atoms with van der Waals surface area (Å²) >= 11 is 0. The van der Waals surface area contributed by atoms with Crippen molar-refractivity contribution >= 4 is 0 Å². The average molecular weight is 223 g/mol. The molecular formula is C12H17NO3. The van der Waals surface area contributed by atoms with Gasteiger partial charge in [-0.3, -0.25) is 0 Å². The summed E-state index contributed by atoms with van der Waals surface area (Å²) in [5.41, 5.74) is 0. The van der Waals surface area contributed by atoms with Gasteiger partial charge in [0.25, 0.3) is 0 Å². The van der Waals surface area contributed by atoms with Crippen molar-refractivity contribution in [3.8, 4) is 0 Å². The molecule has 1 aliphatic heterocycles. The fourth-order valence-electron chi connectivity index (χ4n) is 1.64. The molecule has 0 amide bonds. The van der Waals surface area contributed by atoms with Gasteiger partial charge in [-0.1, -0.05) is 0 Å². The molecule has 1 saturated heterocycles. The molecule has 0 radical (unpaired) electrons. The van der Waals surface area contributed by atoms with Crippen LogP contribution in [0, 0.1) is 0 Å². The van der Waals surface area contributed by atoms with Crippen LogP contribution in [-0.2, 0) is 22.6 Å². The smallest absolute Gasteiger partial charge is 0.129 e. The Bertz CT molecular complexity index is 342.